The fourth-order valence-corrected chi connectivity index (χ4v) is 3.22. The van der Waals surface area contributed by atoms with Crippen LogP contribution in [0.5, 0.6) is 0 Å². The third kappa shape index (κ3) is 2.03. The van der Waals surface area contributed by atoms with E-state index in [9.17, 15) is 0 Å². The lowest BCUT2D eigenvalue weighted by atomic mass is 9.79. The quantitative estimate of drug-likeness (QED) is 0.939. The Bertz CT molecular complexity index is 643. The molecule has 1 aliphatic heterocycles. The van der Waals surface area contributed by atoms with Crippen molar-refractivity contribution in [2.75, 3.05) is 19.0 Å². The maximum Gasteiger partial charge on any atom is 0.231 e. The second-order valence-electron chi connectivity index (χ2n) is 5.95. The fraction of sp³-hybridized carbons (Fsp3) is 0.500. The molecule has 110 valence electrons. The summed E-state index contributed by atoms with van der Waals surface area (Å²) in [6, 6.07) is 8.37. The lowest BCUT2D eigenvalue weighted by Gasteiger charge is -2.37. The van der Waals surface area contributed by atoms with Crippen LogP contribution in [0.15, 0.2) is 28.8 Å². The minimum absolute atomic E-state index is 0.232. The zero-order chi connectivity index (χ0) is 14.3. The van der Waals surface area contributed by atoms with E-state index < -0.39 is 0 Å². The third-order valence-electron chi connectivity index (χ3n) is 4.77. The molecule has 2 aromatic rings. The number of fused-ring (bicyclic) bond motifs is 1. The predicted molar refractivity (Wildman–Crippen MR) is 78.2 cm³/mol. The van der Waals surface area contributed by atoms with Gasteiger partial charge in [-0.1, -0.05) is 23.4 Å². The number of rotatable bonds is 3. The maximum absolute atomic E-state index is 5.62. The number of aromatic nitrogens is 2. The number of hydrogen-bond acceptors (Lipinski definition) is 5. The van der Waals surface area contributed by atoms with Crippen LogP contribution >= 0.6 is 0 Å². The van der Waals surface area contributed by atoms with Gasteiger partial charge in [0.2, 0.25) is 11.7 Å². The number of benzene rings is 1. The first-order chi connectivity index (χ1) is 10.3. The summed E-state index contributed by atoms with van der Waals surface area (Å²) in [6.07, 6.45) is 4.06. The molecule has 2 aliphatic rings. The summed E-state index contributed by atoms with van der Waals surface area (Å²) >= 11 is 0. The van der Waals surface area contributed by atoms with Gasteiger partial charge in [0.25, 0.3) is 0 Å². The first-order valence-electron chi connectivity index (χ1n) is 7.52. The van der Waals surface area contributed by atoms with Gasteiger partial charge in [-0.15, -0.1) is 0 Å². The van der Waals surface area contributed by atoms with E-state index in [1.165, 1.54) is 11.3 Å². The topological polar surface area (TPSA) is 60.2 Å². The van der Waals surface area contributed by atoms with Crippen molar-refractivity contribution in [1.29, 1.82) is 0 Å². The zero-order valence-electron chi connectivity index (χ0n) is 12.1. The summed E-state index contributed by atoms with van der Waals surface area (Å²) in [5.74, 6) is 1.66. The molecule has 1 aromatic heterocycles. The highest BCUT2D eigenvalue weighted by atomic mass is 16.5. The Morgan fingerprint density at radius 2 is 2.19 bits per heavy atom. The standard InChI is InChI=1S/C16H19N3O2/c1-20-16(7-4-8-16)15-18-14(21-19-15)12-9-11-5-2-3-6-13(11)17-10-12/h2-3,5-6,12,17H,4,7-10H2,1H3. The second-order valence-corrected chi connectivity index (χ2v) is 5.95. The smallest absolute Gasteiger partial charge is 0.231 e. The molecule has 0 amide bonds. The Hall–Kier alpha value is -1.88. The van der Waals surface area contributed by atoms with E-state index in [0.29, 0.717) is 5.82 Å². The van der Waals surface area contributed by atoms with Crippen molar-refractivity contribution in [2.45, 2.75) is 37.2 Å². The molecular formula is C16H19N3O2. The highest BCUT2D eigenvalue weighted by molar-refractivity contribution is 5.53. The van der Waals surface area contributed by atoms with Crippen LogP contribution in [0.1, 0.15) is 42.5 Å². The van der Waals surface area contributed by atoms with Gasteiger partial charge in [0, 0.05) is 19.3 Å². The van der Waals surface area contributed by atoms with Gasteiger partial charge < -0.3 is 14.6 Å². The lowest BCUT2D eigenvalue weighted by molar-refractivity contribution is -0.0858. The molecule has 0 radical (unpaired) electrons. The number of nitrogens with zero attached hydrogens (tertiary/aromatic N) is 2. The summed E-state index contributed by atoms with van der Waals surface area (Å²) in [5, 5.41) is 7.62. The average Bonchev–Trinajstić information content (AvgIpc) is 2.96. The lowest BCUT2D eigenvalue weighted by Crippen LogP contribution is -2.37. The van der Waals surface area contributed by atoms with Crippen LogP contribution in [0, 0.1) is 0 Å². The van der Waals surface area contributed by atoms with Gasteiger partial charge in [-0.25, -0.2) is 0 Å². The van der Waals surface area contributed by atoms with Crippen LogP contribution in [-0.2, 0) is 16.8 Å². The summed E-state index contributed by atoms with van der Waals surface area (Å²) in [7, 11) is 1.73. The van der Waals surface area contributed by atoms with Crippen LogP contribution in [0.4, 0.5) is 5.69 Å². The average molecular weight is 285 g/mol. The van der Waals surface area contributed by atoms with Crippen LogP contribution in [0.3, 0.4) is 0 Å². The predicted octanol–water partition coefficient (Wildman–Crippen LogP) is 2.85. The molecule has 5 nitrogen and oxygen atoms in total. The Kier molecular flexibility index (Phi) is 2.96. The minimum Gasteiger partial charge on any atom is -0.384 e. The number of para-hydroxylation sites is 1. The molecule has 5 heteroatoms. The summed E-state index contributed by atoms with van der Waals surface area (Å²) in [4.78, 5) is 4.63. The molecular weight excluding hydrogens is 266 g/mol. The van der Waals surface area contributed by atoms with Gasteiger partial charge in [-0.2, -0.15) is 4.98 Å². The van der Waals surface area contributed by atoms with Crippen molar-refractivity contribution in [3.05, 3.63) is 41.5 Å². The van der Waals surface area contributed by atoms with Gasteiger partial charge >= 0.3 is 0 Å². The van der Waals surface area contributed by atoms with Gasteiger partial charge in [0.05, 0.1) is 5.92 Å². The van der Waals surface area contributed by atoms with Gasteiger partial charge in [0.1, 0.15) is 5.60 Å². The highest BCUT2D eigenvalue weighted by Gasteiger charge is 2.43. The SMILES string of the molecule is COC1(c2noc(C3CNc4ccccc4C3)n2)CCC1. The molecule has 0 saturated heterocycles. The number of ether oxygens (including phenoxy) is 1. The minimum atomic E-state index is -0.304. The fourth-order valence-electron chi connectivity index (χ4n) is 3.22. The molecule has 1 aliphatic carbocycles. The van der Waals surface area contributed by atoms with Crippen LogP contribution in [0.25, 0.3) is 0 Å². The maximum atomic E-state index is 5.62. The molecule has 4 rings (SSSR count). The molecule has 1 aromatic carbocycles. The number of nitrogens with one attached hydrogen (secondary N) is 1. The van der Waals surface area contributed by atoms with Gasteiger partial charge in [-0.3, -0.25) is 0 Å². The number of methoxy groups -OCH3 is 1. The molecule has 0 bridgehead atoms. The van der Waals surface area contributed by atoms with Crippen molar-refractivity contribution >= 4 is 5.69 Å². The summed E-state index contributed by atoms with van der Waals surface area (Å²) < 4.78 is 11.1. The van der Waals surface area contributed by atoms with Crippen molar-refractivity contribution < 1.29 is 9.26 Å². The Balaban J connectivity index is 1.57. The summed E-state index contributed by atoms with van der Waals surface area (Å²) in [5.41, 5.74) is 2.21. The Morgan fingerprint density at radius 1 is 1.33 bits per heavy atom. The van der Waals surface area contributed by atoms with Crippen molar-refractivity contribution in [2.24, 2.45) is 0 Å². The van der Waals surface area contributed by atoms with Crippen molar-refractivity contribution in [3.8, 4) is 0 Å². The zero-order valence-corrected chi connectivity index (χ0v) is 12.1. The Morgan fingerprint density at radius 3 is 2.95 bits per heavy atom. The number of hydrogen-bond donors (Lipinski definition) is 1. The first kappa shape index (κ1) is 12.8. The van der Waals surface area contributed by atoms with E-state index in [4.69, 9.17) is 9.26 Å². The molecule has 1 saturated carbocycles. The number of anilines is 1. The molecule has 0 spiro atoms. The molecule has 2 heterocycles. The van der Waals surface area contributed by atoms with Crippen LogP contribution in [0.2, 0.25) is 0 Å². The second kappa shape index (κ2) is 4.84. The monoisotopic (exact) mass is 285 g/mol. The van der Waals surface area contributed by atoms with Crippen LogP contribution in [-0.4, -0.2) is 23.8 Å². The summed E-state index contributed by atoms with van der Waals surface area (Å²) in [6.45, 7) is 0.832. The highest BCUT2D eigenvalue weighted by Crippen LogP contribution is 2.43. The molecule has 21 heavy (non-hydrogen) atoms. The van der Waals surface area contributed by atoms with Crippen molar-refractivity contribution in [1.82, 2.24) is 10.1 Å². The molecule has 1 atom stereocenters. The largest absolute Gasteiger partial charge is 0.384 e. The van der Waals surface area contributed by atoms with Gasteiger partial charge in [-0.05, 0) is 37.3 Å². The van der Waals surface area contributed by atoms with Gasteiger partial charge in [0.15, 0.2) is 0 Å². The molecule has 1 unspecified atom stereocenters. The Labute approximate surface area is 123 Å². The van der Waals surface area contributed by atoms with E-state index in [2.05, 4.69) is 39.7 Å². The van der Waals surface area contributed by atoms with Crippen LogP contribution < -0.4 is 5.32 Å². The first-order valence-corrected chi connectivity index (χ1v) is 7.52. The van der Waals surface area contributed by atoms with E-state index in [1.54, 1.807) is 7.11 Å². The van der Waals surface area contributed by atoms with E-state index in [1.807, 2.05) is 0 Å². The van der Waals surface area contributed by atoms with Crippen molar-refractivity contribution in [3.63, 3.8) is 0 Å². The van der Waals surface area contributed by atoms with E-state index in [-0.39, 0.29) is 11.5 Å². The third-order valence-corrected chi connectivity index (χ3v) is 4.77. The molecule has 1 fully saturated rings. The van der Waals surface area contributed by atoms with E-state index >= 15 is 0 Å². The molecule has 1 N–H and O–H groups in total. The normalized spacial score (nSPS) is 23.0. The van der Waals surface area contributed by atoms with E-state index in [0.717, 1.165) is 38.1 Å².